The second-order valence-electron chi connectivity index (χ2n) is 3.22. The zero-order chi connectivity index (χ0) is 11.5. The van der Waals surface area contributed by atoms with Crippen LogP contribution in [-0.4, -0.2) is 10.7 Å². The second kappa shape index (κ2) is 5.29. The molecule has 0 aliphatic rings. The van der Waals surface area contributed by atoms with Gasteiger partial charge in [0.1, 0.15) is 5.82 Å². The lowest BCUT2D eigenvalue weighted by Crippen LogP contribution is -1.87. The number of thiazole rings is 1. The molecule has 0 unspecified atom stereocenters. The summed E-state index contributed by atoms with van der Waals surface area (Å²) < 4.78 is 14.4. The normalized spacial score (nSPS) is 10.7. The molecule has 2 rings (SSSR count). The number of hydrogen-bond acceptors (Lipinski definition) is 3. The zero-order valence-electron chi connectivity index (χ0n) is 8.28. The molecule has 0 aliphatic carbocycles. The van der Waals surface area contributed by atoms with E-state index in [1.165, 1.54) is 6.07 Å². The first-order valence-electron chi connectivity index (χ1n) is 4.71. The van der Waals surface area contributed by atoms with Crippen molar-refractivity contribution in [3.8, 4) is 11.3 Å². The standard InChI is InChI=1S/C11H9BrFNS2/c12-7-1-2-9(13)8(5-7)10-6-16-11(14-10)3-4-15/h1-2,5-6,15H,3-4H2. The molecule has 1 heterocycles. The average molecular weight is 318 g/mol. The molecule has 0 fully saturated rings. The lowest BCUT2D eigenvalue weighted by molar-refractivity contribution is 0.630. The van der Waals surface area contributed by atoms with Crippen LogP contribution in [-0.2, 0) is 6.42 Å². The van der Waals surface area contributed by atoms with Gasteiger partial charge in [0, 0.05) is 21.8 Å². The molecular formula is C11H9BrFNS2. The number of halogens is 2. The van der Waals surface area contributed by atoms with Crippen molar-refractivity contribution in [3.63, 3.8) is 0 Å². The predicted octanol–water partition coefficient (Wildman–Crippen LogP) is 4.18. The zero-order valence-corrected chi connectivity index (χ0v) is 11.6. The minimum absolute atomic E-state index is 0.245. The van der Waals surface area contributed by atoms with Gasteiger partial charge in [-0.25, -0.2) is 9.37 Å². The monoisotopic (exact) mass is 317 g/mol. The van der Waals surface area contributed by atoms with Gasteiger partial charge >= 0.3 is 0 Å². The SMILES string of the molecule is Fc1ccc(Br)cc1-c1csc(CCS)n1. The summed E-state index contributed by atoms with van der Waals surface area (Å²) in [5.74, 6) is 0.513. The van der Waals surface area contributed by atoms with Crippen LogP contribution >= 0.6 is 39.9 Å². The van der Waals surface area contributed by atoms with E-state index in [9.17, 15) is 4.39 Å². The van der Waals surface area contributed by atoms with Crippen molar-refractivity contribution in [2.45, 2.75) is 6.42 Å². The highest BCUT2D eigenvalue weighted by molar-refractivity contribution is 9.10. The van der Waals surface area contributed by atoms with Gasteiger partial charge < -0.3 is 0 Å². The van der Waals surface area contributed by atoms with E-state index in [0.717, 1.165) is 21.7 Å². The van der Waals surface area contributed by atoms with Crippen LogP contribution in [0.5, 0.6) is 0 Å². The lowest BCUT2D eigenvalue weighted by Gasteiger charge is -1.99. The Kier molecular flexibility index (Phi) is 4.00. The third kappa shape index (κ3) is 2.64. The first kappa shape index (κ1) is 12.1. The molecule has 0 N–H and O–H groups in total. The molecule has 5 heteroatoms. The summed E-state index contributed by atoms with van der Waals surface area (Å²) in [5.41, 5.74) is 1.23. The van der Waals surface area contributed by atoms with Gasteiger partial charge in [0.2, 0.25) is 0 Å². The summed E-state index contributed by atoms with van der Waals surface area (Å²) in [5, 5.41) is 2.87. The van der Waals surface area contributed by atoms with Crippen LogP contribution in [0.1, 0.15) is 5.01 Å². The molecule has 0 amide bonds. The average Bonchev–Trinajstić information content (AvgIpc) is 2.71. The number of hydrogen-bond donors (Lipinski definition) is 1. The van der Waals surface area contributed by atoms with Gasteiger partial charge in [0.05, 0.1) is 10.7 Å². The molecule has 1 nitrogen and oxygen atoms in total. The van der Waals surface area contributed by atoms with Crippen LogP contribution in [0, 0.1) is 5.82 Å². The summed E-state index contributed by atoms with van der Waals surface area (Å²) in [6.45, 7) is 0. The number of aromatic nitrogens is 1. The van der Waals surface area contributed by atoms with Gasteiger partial charge in [-0.3, -0.25) is 0 Å². The molecule has 16 heavy (non-hydrogen) atoms. The van der Waals surface area contributed by atoms with Crippen LogP contribution in [0.2, 0.25) is 0 Å². The van der Waals surface area contributed by atoms with E-state index in [0.29, 0.717) is 11.3 Å². The van der Waals surface area contributed by atoms with E-state index >= 15 is 0 Å². The van der Waals surface area contributed by atoms with E-state index in [1.807, 2.05) is 5.38 Å². The molecule has 1 aromatic heterocycles. The number of thiol groups is 1. The van der Waals surface area contributed by atoms with Crippen molar-refractivity contribution < 1.29 is 4.39 Å². The maximum absolute atomic E-state index is 13.6. The molecule has 1 aromatic carbocycles. The molecule has 0 atom stereocenters. The number of aryl methyl sites for hydroxylation is 1. The Hall–Kier alpha value is -0.390. The van der Waals surface area contributed by atoms with Gasteiger partial charge in [-0.15, -0.1) is 11.3 Å². The predicted molar refractivity (Wildman–Crippen MR) is 72.8 cm³/mol. The Morgan fingerprint density at radius 3 is 3.00 bits per heavy atom. The highest BCUT2D eigenvalue weighted by atomic mass is 79.9. The highest BCUT2D eigenvalue weighted by Crippen LogP contribution is 2.27. The van der Waals surface area contributed by atoms with Gasteiger partial charge in [-0.1, -0.05) is 15.9 Å². The Labute approximate surface area is 111 Å². The Balaban J connectivity index is 2.38. The fourth-order valence-electron chi connectivity index (χ4n) is 1.34. The second-order valence-corrected chi connectivity index (χ2v) is 5.53. The Morgan fingerprint density at radius 2 is 2.25 bits per heavy atom. The van der Waals surface area contributed by atoms with Crippen LogP contribution in [0.25, 0.3) is 11.3 Å². The first-order chi connectivity index (χ1) is 7.70. The maximum Gasteiger partial charge on any atom is 0.132 e. The summed E-state index contributed by atoms with van der Waals surface area (Å²) >= 11 is 9.02. The van der Waals surface area contributed by atoms with E-state index in [2.05, 4.69) is 33.5 Å². The summed E-state index contributed by atoms with van der Waals surface area (Å²) in [4.78, 5) is 4.38. The third-order valence-corrected chi connectivity index (χ3v) is 3.71. The lowest BCUT2D eigenvalue weighted by atomic mass is 10.1. The molecule has 0 saturated carbocycles. The molecule has 0 spiro atoms. The number of benzene rings is 1. The molecule has 0 saturated heterocycles. The minimum atomic E-state index is -0.245. The largest absolute Gasteiger partial charge is 0.241 e. The van der Waals surface area contributed by atoms with E-state index in [1.54, 1.807) is 23.5 Å². The van der Waals surface area contributed by atoms with Crippen molar-refractivity contribution >= 4 is 39.9 Å². The molecular weight excluding hydrogens is 309 g/mol. The summed E-state index contributed by atoms with van der Waals surface area (Å²) in [7, 11) is 0. The quantitative estimate of drug-likeness (QED) is 0.838. The van der Waals surface area contributed by atoms with E-state index < -0.39 is 0 Å². The third-order valence-electron chi connectivity index (χ3n) is 2.08. The van der Waals surface area contributed by atoms with Crippen molar-refractivity contribution in [2.24, 2.45) is 0 Å². The Bertz CT molecular complexity index is 498. The first-order valence-corrected chi connectivity index (χ1v) is 7.02. The minimum Gasteiger partial charge on any atom is -0.241 e. The van der Waals surface area contributed by atoms with Crippen molar-refractivity contribution in [1.29, 1.82) is 0 Å². The van der Waals surface area contributed by atoms with Crippen LogP contribution in [0.4, 0.5) is 4.39 Å². The fourth-order valence-corrected chi connectivity index (χ4v) is 2.86. The van der Waals surface area contributed by atoms with Gasteiger partial charge in [0.15, 0.2) is 0 Å². The van der Waals surface area contributed by atoms with Crippen LogP contribution in [0.3, 0.4) is 0 Å². The number of rotatable bonds is 3. The highest BCUT2D eigenvalue weighted by Gasteiger charge is 2.09. The van der Waals surface area contributed by atoms with Crippen molar-refractivity contribution in [3.05, 3.63) is 38.9 Å². The number of nitrogens with zero attached hydrogens (tertiary/aromatic N) is 1. The van der Waals surface area contributed by atoms with Gasteiger partial charge in [0.25, 0.3) is 0 Å². The van der Waals surface area contributed by atoms with Crippen LogP contribution in [0.15, 0.2) is 28.1 Å². The molecule has 2 aromatic rings. The molecule has 84 valence electrons. The fraction of sp³-hybridized carbons (Fsp3) is 0.182. The topological polar surface area (TPSA) is 12.9 Å². The smallest absolute Gasteiger partial charge is 0.132 e. The van der Waals surface area contributed by atoms with E-state index in [-0.39, 0.29) is 5.82 Å². The van der Waals surface area contributed by atoms with E-state index in [4.69, 9.17) is 0 Å². The molecule has 0 bridgehead atoms. The van der Waals surface area contributed by atoms with Crippen molar-refractivity contribution in [2.75, 3.05) is 5.75 Å². The Morgan fingerprint density at radius 1 is 1.44 bits per heavy atom. The van der Waals surface area contributed by atoms with Gasteiger partial charge in [-0.05, 0) is 24.0 Å². The van der Waals surface area contributed by atoms with Crippen molar-refractivity contribution in [1.82, 2.24) is 4.98 Å². The van der Waals surface area contributed by atoms with Gasteiger partial charge in [-0.2, -0.15) is 12.6 Å². The summed E-state index contributed by atoms with van der Waals surface area (Å²) in [6.07, 6.45) is 0.823. The molecule has 0 aliphatic heterocycles. The maximum atomic E-state index is 13.6. The van der Waals surface area contributed by atoms with Crippen LogP contribution < -0.4 is 0 Å². The summed E-state index contributed by atoms with van der Waals surface area (Å²) in [6, 6.07) is 4.87. The molecule has 0 radical (unpaired) electrons.